The summed E-state index contributed by atoms with van der Waals surface area (Å²) in [6.07, 6.45) is 1.49. The van der Waals surface area contributed by atoms with Crippen LogP contribution < -0.4 is 5.56 Å². The molecule has 0 aliphatic heterocycles. The highest BCUT2D eigenvalue weighted by molar-refractivity contribution is 14.1. The Kier molecular flexibility index (Phi) is 2.59. The number of aromatic amines is 1. The molecule has 0 fully saturated rings. The molecule has 0 bridgehead atoms. The Morgan fingerprint density at radius 3 is 3.18 bits per heavy atom. The smallest absolute Gasteiger partial charge is 0.264 e. The Bertz CT molecular complexity index is 352. The van der Waals surface area contributed by atoms with Gasteiger partial charge in [0.25, 0.3) is 5.56 Å². The Morgan fingerprint density at radius 2 is 2.55 bits per heavy atom. The molecule has 0 spiro atoms. The predicted octanol–water partition coefficient (Wildman–Crippen LogP) is 0.441. The zero-order valence-corrected chi connectivity index (χ0v) is 7.62. The van der Waals surface area contributed by atoms with Crippen LogP contribution in [0.2, 0.25) is 0 Å². The van der Waals surface area contributed by atoms with Crippen LogP contribution in [0.1, 0.15) is 5.69 Å². The molecule has 1 rings (SSSR count). The van der Waals surface area contributed by atoms with Gasteiger partial charge in [-0.05, 0) is 22.6 Å². The van der Waals surface area contributed by atoms with Crippen molar-refractivity contribution in [2.24, 2.45) is 0 Å². The molecule has 1 N–H and O–H groups in total. The first-order valence-electron chi connectivity index (χ1n) is 2.84. The fourth-order valence-electron chi connectivity index (χ4n) is 0.618. The Balaban J connectivity index is 3.19. The van der Waals surface area contributed by atoms with Crippen molar-refractivity contribution in [2.45, 2.75) is 6.42 Å². The molecule has 1 aromatic heterocycles. The summed E-state index contributed by atoms with van der Waals surface area (Å²) in [5.74, 6) is 0. The van der Waals surface area contributed by atoms with E-state index in [1.807, 2.05) is 28.7 Å². The summed E-state index contributed by atoms with van der Waals surface area (Å²) in [4.78, 5) is 17.2. The largest absolute Gasteiger partial charge is 0.312 e. The first-order chi connectivity index (χ1) is 5.25. The molecule has 0 saturated carbocycles. The molecule has 4 nitrogen and oxygen atoms in total. The number of nitrogens with zero attached hydrogens (tertiary/aromatic N) is 2. The first-order valence-corrected chi connectivity index (χ1v) is 3.92. The minimum Gasteiger partial charge on any atom is -0.312 e. The topological polar surface area (TPSA) is 69.5 Å². The van der Waals surface area contributed by atoms with E-state index < -0.39 is 0 Å². The number of rotatable bonds is 1. The van der Waals surface area contributed by atoms with Crippen LogP contribution in [0.25, 0.3) is 0 Å². The molecule has 5 heteroatoms. The fraction of sp³-hybridized carbons (Fsp3) is 0.167. The molecule has 1 heterocycles. The Hall–Kier alpha value is -0.900. The van der Waals surface area contributed by atoms with Crippen LogP contribution in [0.3, 0.4) is 0 Å². The molecule has 0 atom stereocenters. The molecule has 0 radical (unpaired) electrons. The zero-order chi connectivity index (χ0) is 8.27. The van der Waals surface area contributed by atoms with E-state index in [4.69, 9.17) is 5.26 Å². The van der Waals surface area contributed by atoms with Gasteiger partial charge in [-0.2, -0.15) is 5.26 Å². The van der Waals surface area contributed by atoms with Gasteiger partial charge in [0.2, 0.25) is 0 Å². The van der Waals surface area contributed by atoms with Crippen LogP contribution in [0.15, 0.2) is 11.1 Å². The summed E-state index contributed by atoms with van der Waals surface area (Å²) in [5.41, 5.74) is 0.350. The van der Waals surface area contributed by atoms with E-state index in [-0.39, 0.29) is 12.0 Å². The highest BCUT2D eigenvalue weighted by Gasteiger charge is 2.02. The van der Waals surface area contributed by atoms with E-state index >= 15 is 0 Å². The van der Waals surface area contributed by atoms with Crippen molar-refractivity contribution in [1.82, 2.24) is 9.97 Å². The fourth-order valence-corrected chi connectivity index (χ4v) is 1.10. The summed E-state index contributed by atoms with van der Waals surface area (Å²) in [5, 5.41) is 8.33. The van der Waals surface area contributed by atoms with Crippen molar-refractivity contribution < 1.29 is 0 Å². The van der Waals surface area contributed by atoms with E-state index in [9.17, 15) is 4.79 Å². The maximum Gasteiger partial charge on any atom is 0.264 e. The standard InChI is InChI=1S/C6H4IN3O/c7-5-4(1-2-8)9-3-10-6(5)11/h3H,1H2,(H,9,10,11). The second-order valence-electron chi connectivity index (χ2n) is 1.83. The SMILES string of the molecule is N#CCc1nc[nH]c(=O)c1I. The summed E-state index contributed by atoms with van der Waals surface area (Å²) in [7, 11) is 0. The highest BCUT2D eigenvalue weighted by atomic mass is 127. The summed E-state index contributed by atoms with van der Waals surface area (Å²) in [6, 6.07) is 1.93. The molecular weight excluding hydrogens is 257 g/mol. The zero-order valence-electron chi connectivity index (χ0n) is 5.47. The average Bonchev–Trinajstić information content (AvgIpc) is 1.99. The molecule has 1 aromatic rings. The van der Waals surface area contributed by atoms with Crippen LogP contribution in [0, 0.1) is 14.9 Å². The van der Waals surface area contributed by atoms with Gasteiger partial charge in [0, 0.05) is 0 Å². The van der Waals surface area contributed by atoms with Gasteiger partial charge in [-0.15, -0.1) is 0 Å². The Labute approximate surface area is 76.4 Å². The molecule has 0 aromatic carbocycles. The molecule has 56 valence electrons. The lowest BCUT2D eigenvalue weighted by atomic mass is 10.3. The third-order valence-corrected chi connectivity index (χ3v) is 2.23. The van der Waals surface area contributed by atoms with E-state index in [0.29, 0.717) is 9.26 Å². The van der Waals surface area contributed by atoms with Crippen LogP contribution in [0.4, 0.5) is 0 Å². The lowest BCUT2D eigenvalue weighted by Gasteiger charge is -1.93. The number of aromatic nitrogens is 2. The van der Waals surface area contributed by atoms with Crippen molar-refractivity contribution in [3.05, 3.63) is 25.9 Å². The third kappa shape index (κ3) is 1.77. The average molecular weight is 261 g/mol. The molecular formula is C6H4IN3O. The quantitative estimate of drug-likeness (QED) is 0.746. The van der Waals surface area contributed by atoms with Gasteiger partial charge in [0.15, 0.2) is 0 Å². The molecule has 0 aliphatic rings. The Morgan fingerprint density at radius 1 is 1.82 bits per heavy atom. The maximum absolute atomic E-state index is 10.9. The van der Waals surface area contributed by atoms with Crippen LogP contribution in [-0.4, -0.2) is 9.97 Å². The van der Waals surface area contributed by atoms with E-state index in [0.717, 1.165) is 0 Å². The number of H-pyrrole nitrogens is 1. The number of nitriles is 1. The monoisotopic (exact) mass is 261 g/mol. The van der Waals surface area contributed by atoms with E-state index in [1.54, 1.807) is 0 Å². The summed E-state index contributed by atoms with van der Waals surface area (Å²) >= 11 is 1.87. The number of hydrogen-bond acceptors (Lipinski definition) is 3. The molecule has 0 saturated heterocycles. The number of nitrogens with one attached hydrogen (secondary N) is 1. The van der Waals surface area contributed by atoms with Gasteiger partial charge in [-0.1, -0.05) is 0 Å². The lowest BCUT2D eigenvalue weighted by Crippen LogP contribution is -2.13. The van der Waals surface area contributed by atoms with Gasteiger partial charge >= 0.3 is 0 Å². The maximum atomic E-state index is 10.9. The van der Waals surface area contributed by atoms with Gasteiger partial charge in [0.05, 0.1) is 24.5 Å². The van der Waals surface area contributed by atoms with Crippen molar-refractivity contribution in [2.75, 3.05) is 0 Å². The van der Waals surface area contributed by atoms with Gasteiger partial charge < -0.3 is 4.98 Å². The molecule has 0 unspecified atom stereocenters. The van der Waals surface area contributed by atoms with Crippen molar-refractivity contribution in [1.29, 1.82) is 5.26 Å². The minimum absolute atomic E-state index is 0.183. The summed E-state index contributed by atoms with van der Waals surface area (Å²) in [6.45, 7) is 0. The van der Waals surface area contributed by atoms with E-state index in [2.05, 4.69) is 9.97 Å². The highest BCUT2D eigenvalue weighted by Crippen LogP contribution is 2.01. The summed E-state index contributed by atoms with van der Waals surface area (Å²) < 4.78 is 0.492. The molecule has 0 amide bonds. The van der Waals surface area contributed by atoms with Crippen LogP contribution in [0.5, 0.6) is 0 Å². The van der Waals surface area contributed by atoms with Crippen molar-refractivity contribution in [3.8, 4) is 6.07 Å². The third-order valence-electron chi connectivity index (χ3n) is 1.12. The second kappa shape index (κ2) is 3.48. The van der Waals surface area contributed by atoms with Crippen molar-refractivity contribution in [3.63, 3.8) is 0 Å². The van der Waals surface area contributed by atoms with Gasteiger partial charge in [-0.3, -0.25) is 4.79 Å². The molecule has 11 heavy (non-hydrogen) atoms. The van der Waals surface area contributed by atoms with Gasteiger partial charge in [0.1, 0.15) is 3.57 Å². The first kappa shape index (κ1) is 8.20. The second-order valence-corrected chi connectivity index (χ2v) is 2.91. The number of hydrogen-bond donors (Lipinski definition) is 1. The predicted molar refractivity (Wildman–Crippen MR) is 46.9 cm³/mol. The lowest BCUT2D eigenvalue weighted by molar-refractivity contribution is 1.00. The van der Waals surface area contributed by atoms with Crippen molar-refractivity contribution >= 4 is 22.6 Å². The van der Waals surface area contributed by atoms with Crippen LogP contribution >= 0.6 is 22.6 Å². The minimum atomic E-state index is -0.189. The van der Waals surface area contributed by atoms with Crippen LogP contribution in [-0.2, 0) is 6.42 Å². The normalized spacial score (nSPS) is 9.09. The molecule has 0 aliphatic carbocycles. The number of halogens is 1. The van der Waals surface area contributed by atoms with Gasteiger partial charge in [-0.25, -0.2) is 4.98 Å². The van der Waals surface area contributed by atoms with E-state index in [1.165, 1.54) is 6.33 Å².